The van der Waals surface area contributed by atoms with Gasteiger partial charge < -0.3 is 9.84 Å². The Hall–Kier alpha value is -4.11. The maximum atomic E-state index is 12.4. The molecule has 0 radical (unpaired) electrons. The molecule has 1 amide bonds. The molecule has 6 heteroatoms. The third-order valence-electron chi connectivity index (χ3n) is 4.25. The lowest BCUT2D eigenvalue weighted by atomic mass is 10.0. The molecule has 3 aromatic rings. The van der Waals surface area contributed by atoms with E-state index in [1.807, 2.05) is 6.07 Å². The average Bonchev–Trinajstić information content (AvgIpc) is 2.77. The first-order valence-corrected chi connectivity index (χ1v) is 8.87. The van der Waals surface area contributed by atoms with Gasteiger partial charge in [0.15, 0.2) is 6.61 Å². The number of amides is 1. The van der Waals surface area contributed by atoms with Crippen LogP contribution in [0, 0.1) is 11.3 Å². The van der Waals surface area contributed by atoms with Crippen LogP contribution in [0.3, 0.4) is 0 Å². The Morgan fingerprint density at radius 3 is 2.07 bits per heavy atom. The van der Waals surface area contributed by atoms with Crippen molar-refractivity contribution in [1.29, 1.82) is 5.26 Å². The molecule has 144 valence electrons. The zero-order chi connectivity index (χ0) is 20.6. The van der Waals surface area contributed by atoms with Crippen LogP contribution in [0.4, 0.5) is 5.69 Å². The molecular weight excluding hydrogens is 368 g/mol. The Labute approximate surface area is 168 Å². The molecule has 0 saturated heterocycles. The largest absolute Gasteiger partial charge is 0.508 e. The molecule has 0 unspecified atom stereocenters. The van der Waals surface area contributed by atoms with Crippen molar-refractivity contribution in [2.24, 2.45) is 0 Å². The highest BCUT2D eigenvalue weighted by Gasteiger charge is 2.18. The van der Waals surface area contributed by atoms with Crippen molar-refractivity contribution in [2.75, 3.05) is 18.1 Å². The van der Waals surface area contributed by atoms with Gasteiger partial charge in [-0.3, -0.25) is 9.69 Å². The summed E-state index contributed by atoms with van der Waals surface area (Å²) in [5.41, 5.74) is 2.65. The van der Waals surface area contributed by atoms with Crippen molar-refractivity contribution >= 4 is 17.6 Å². The fraction of sp³-hybridized carbons (Fsp3) is 0.0870. The van der Waals surface area contributed by atoms with Crippen LogP contribution in [-0.4, -0.2) is 30.1 Å². The van der Waals surface area contributed by atoms with Crippen LogP contribution in [0.25, 0.3) is 11.1 Å². The van der Waals surface area contributed by atoms with E-state index in [2.05, 4.69) is 0 Å². The van der Waals surface area contributed by atoms with Crippen LogP contribution in [0.5, 0.6) is 5.75 Å². The molecular formula is C23H18N2O4. The van der Waals surface area contributed by atoms with Crippen molar-refractivity contribution < 1.29 is 19.4 Å². The normalized spacial score (nSPS) is 10.0. The van der Waals surface area contributed by atoms with Crippen LogP contribution in [0.15, 0.2) is 78.9 Å². The minimum absolute atomic E-state index is 0.137. The molecule has 0 heterocycles. The molecule has 0 aromatic heterocycles. The Kier molecular flexibility index (Phi) is 6.23. The number of esters is 1. The molecule has 0 fully saturated rings. The first-order chi connectivity index (χ1) is 14.1. The number of para-hydroxylation sites is 1. The van der Waals surface area contributed by atoms with Gasteiger partial charge in [0, 0.05) is 5.69 Å². The molecule has 0 aliphatic rings. The van der Waals surface area contributed by atoms with Crippen molar-refractivity contribution in [3.63, 3.8) is 0 Å². The number of ether oxygens (including phenoxy) is 1. The summed E-state index contributed by atoms with van der Waals surface area (Å²) < 4.78 is 5.13. The van der Waals surface area contributed by atoms with Crippen LogP contribution < -0.4 is 4.90 Å². The predicted octanol–water partition coefficient (Wildman–Crippen LogP) is 3.77. The van der Waals surface area contributed by atoms with Crippen molar-refractivity contribution in [3.05, 3.63) is 84.4 Å². The average molecular weight is 386 g/mol. The van der Waals surface area contributed by atoms with E-state index in [1.165, 1.54) is 4.90 Å². The number of rotatable bonds is 6. The first kappa shape index (κ1) is 19.6. The number of carbonyl (C=O) groups is 2. The number of benzene rings is 3. The lowest BCUT2D eigenvalue weighted by Gasteiger charge is -2.19. The summed E-state index contributed by atoms with van der Waals surface area (Å²) in [5.74, 6) is -0.924. The number of nitriles is 1. The van der Waals surface area contributed by atoms with Gasteiger partial charge in [-0.05, 0) is 47.5 Å². The number of aromatic hydroxyl groups is 1. The minimum atomic E-state index is -0.624. The highest BCUT2D eigenvalue weighted by atomic mass is 16.5. The van der Waals surface area contributed by atoms with Gasteiger partial charge in [0.1, 0.15) is 12.3 Å². The fourth-order valence-corrected chi connectivity index (χ4v) is 2.74. The fourth-order valence-electron chi connectivity index (χ4n) is 2.74. The second-order valence-electron chi connectivity index (χ2n) is 6.17. The second kappa shape index (κ2) is 9.20. The predicted molar refractivity (Wildman–Crippen MR) is 108 cm³/mol. The van der Waals surface area contributed by atoms with Crippen molar-refractivity contribution in [1.82, 2.24) is 0 Å². The van der Waals surface area contributed by atoms with E-state index >= 15 is 0 Å². The highest BCUT2D eigenvalue weighted by Crippen LogP contribution is 2.22. The molecule has 0 saturated carbocycles. The van der Waals surface area contributed by atoms with E-state index in [0.717, 1.165) is 11.1 Å². The SMILES string of the molecule is N#CCN(C(=O)COC(=O)c1ccc(-c2ccc(O)cc2)cc1)c1ccccc1. The van der Waals surface area contributed by atoms with E-state index in [-0.39, 0.29) is 12.3 Å². The Morgan fingerprint density at radius 2 is 1.48 bits per heavy atom. The van der Waals surface area contributed by atoms with Crippen molar-refractivity contribution in [3.8, 4) is 22.9 Å². The van der Waals surface area contributed by atoms with Gasteiger partial charge in [-0.15, -0.1) is 0 Å². The van der Waals surface area contributed by atoms with Gasteiger partial charge in [0.25, 0.3) is 5.91 Å². The van der Waals surface area contributed by atoms with Gasteiger partial charge in [-0.25, -0.2) is 4.79 Å². The molecule has 1 N–H and O–H groups in total. The first-order valence-electron chi connectivity index (χ1n) is 8.87. The Morgan fingerprint density at radius 1 is 0.897 bits per heavy atom. The quantitative estimate of drug-likeness (QED) is 0.514. The molecule has 3 aromatic carbocycles. The van der Waals surface area contributed by atoms with Crippen LogP contribution in [0.1, 0.15) is 10.4 Å². The van der Waals surface area contributed by atoms with Crippen LogP contribution in [-0.2, 0) is 9.53 Å². The van der Waals surface area contributed by atoms with E-state index < -0.39 is 18.5 Å². The molecule has 29 heavy (non-hydrogen) atoms. The zero-order valence-corrected chi connectivity index (χ0v) is 15.5. The van der Waals surface area contributed by atoms with Gasteiger partial charge in [0.05, 0.1) is 11.6 Å². The molecule has 0 atom stereocenters. The van der Waals surface area contributed by atoms with E-state index in [0.29, 0.717) is 11.3 Å². The summed E-state index contributed by atoms with van der Waals surface area (Å²) in [4.78, 5) is 25.9. The van der Waals surface area contributed by atoms with E-state index in [9.17, 15) is 14.7 Å². The van der Waals surface area contributed by atoms with Crippen LogP contribution in [0.2, 0.25) is 0 Å². The molecule has 0 aliphatic carbocycles. The Bertz CT molecular complexity index is 1020. The summed E-state index contributed by atoms with van der Waals surface area (Å²) in [6, 6.07) is 24.1. The molecule has 0 aliphatic heterocycles. The number of carbonyl (C=O) groups excluding carboxylic acids is 2. The summed E-state index contributed by atoms with van der Waals surface area (Å²) in [5, 5.41) is 18.3. The zero-order valence-electron chi connectivity index (χ0n) is 15.5. The maximum Gasteiger partial charge on any atom is 0.338 e. The monoisotopic (exact) mass is 386 g/mol. The van der Waals surface area contributed by atoms with Crippen LogP contribution >= 0.6 is 0 Å². The summed E-state index contributed by atoms with van der Waals surface area (Å²) >= 11 is 0. The number of phenolic OH excluding ortho intramolecular Hbond substituents is 1. The molecule has 0 spiro atoms. The van der Waals surface area contributed by atoms with Gasteiger partial charge >= 0.3 is 5.97 Å². The lowest BCUT2D eigenvalue weighted by molar-refractivity contribution is -0.121. The summed E-state index contributed by atoms with van der Waals surface area (Å²) in [6.45, 7) is -0.600. The van der Waals surface area contributed by atoms with E-state index in [1.54, 1.807) is 78.9 Å². The topological polar surface area (TPSA) is 90.6 Å². The molecule has 0 bridgehead atoms. The number of anilines is 1. The van der Waals surface area contributed by atoms with E-state index in [4.69, 9.17) is 10.00 Å². The minimum Gasteiger partial charge on any atom is -0.508 e. The summed E-state index contributed by atoms with van der Waals surface area (Å²) in [6.07, 6.45) is 0. The highest BCUT2D eigenvalue weighted by molar-refractivity contribution is 5.97. The van der Waals surface area contributed by atoms with Gasteiger partial charge in [-0.2, -0.15) is 5.26 Å². The number of hydrogen-bond donors (Lipinski definition) is 1. The number of nitrogens with zero attached hydrogens (tertiary/aromatic N) is 2. The number of hydrogen-bond acceptors (Lipinski definition) is 5. The Balaban J connectivity index is 1.63. The summed E-state index contributed by atoms with van der Waals surface area (Å²) in [7, 11) is 0. The molecule has 3 rings (SSSR count). The number of phenols is 1. The van der Waals surface area contributed by atoms with Gasteiger partial charge in [0.2, 0.25) is 0 Å². The molecule has 6 nitrogen and oxygen atoms in total. The third kappa shape index (κ3) is 4.99. The maximum absolute atomic E-state index is 12.4. The smallest absolute Gasteiger partial charge is 0.338 e. The third-order valence-corrected chi connectivity index (χ3v) is 4.25. The second-order valence-corrected chi connectivity index (χ2v) is 6.17. The standard InChI is InChI=1S/C23H18N2O4/c24-14-15-25(20-4-2-1-3-5-20)22(27)16-29-23(28)19-8-6-17(7-9-19)18-10-12-21(26)13-11-18/h1-13,26H,15-16H2. The van der Waals surface area contributed by atoms with Crippen molar-refractivity contribution in [2.45, 2.75) is 0 Å². The lowest BCUT2D eigenvalue weighted by Crippen LogP contribution is -2.35. The van der Waals surface area contributed by atoms with Gasteiger partial charge in [-0.1, -0.05) is 42.5 Å².